The molecule has 0 aliphatic heterocycles. The van der Waals surface area contributed by atoms with Crippen LogP contribution in [0.2, 0.25) is 0 Å². The van der Waals surface area contributed by atoms with Gasteiger partial charge in [0.25, 0.3) is 0 Å². The number of aryl methyl sites for hydroxylation is 2. The number of hydrogen-bond acceptors (Lipinski definition) is 0. The van der Waals surface area contributed by atoms with E-state index in [9.17, 15) is 0 Å². The van der Waals surface area contributed by atoms with E-state index in [4.69, 9.17) is 0 Å². The predicted octanol–water partition coefficient (Wildman–Crippen LogP) is 4.94. The molecule has 0 amide bonds. The van der Waals surface area contributed by atoms with Crippen LogP contribution in [-0.2, 0) is 12.8 Å². The summed E-state index contributed by atoms with van der Waals surface area (Å²) in [5.41, 5.74) is 4.62. The third-order valence-corrected chi connectivity index (χ3v) is 2.96. The Bertz CT molecular complexity index is 275. The molecule has 0 spiro atoms. The number of hydrogen-bond donors (Lipinski definition) is 0. The summed E-state index contributed by atoms with van der Waals surface area (Å²) in [6, 6.07) is 6.81. The molecule has 0 unspecified atom stereocenters. The highest BCUT2D eigenvalue weighted by atomic mass is 14.1. The summed E-state index contributed by atoms with van der Waals surface area (Å²) < 4.78 is 0. The van der Waals surface area contributed by atoms with Gasteiger partial charge in [0.05, 0.1) is 0 Å². The molecule has 0 nitrogen and oxygen atoms in total. The van der Waals surface area contributed by atoms with Crippen LogP contribution in [0, 0.1) is 6.42 Å². The standard InChI is InChI=1S/C16H25/c1-4-7-13-16-14(9-5-2)11-8-12-15(16)10-6-3/h8,11-13H,4-7,9-10H2,1-3H3. The van der Waals surface area contributed by atoms with E-state index in [-0.39, 0.29) is 0 Å². The van der Waals surface area contributed by atoms with E-state index in [1.54, 1.807) is 11.1 Å². The summed E-state index contributed by atoms with van der Waals surface area (Å²) in [7, 11) is 0. The van der Waals surface area contributed by atoms with Gasteiger partial charge in [-0.15, -0.1) is 0 Å². The topological polar surface area (TPSA) is 0 Å². The zero-order valence-corrected chi connectivity index (χ0v) is 11.1. The maximum absolute atomic E-state index is 2.44. The molecule has 0 aromatic heterocycles. The Hall–Kier alpha value is -0.780. The van der Waals surface area contributed by atoms with Crippen LogP contribution in [0.5, 0.6) is 0 Å². The maximum Gasteiger partial charge on any atom is -0.00875 e. The van der Waals surface area contributed by atoms with Gasteiger partial charge >= 0.3 is 0 Å². The first kappa shape index (κ1) is 13.3. The Morgan fingerprint density at radius 1 is 0.875 bits per heavy atom. The van der Waals surface area contributed by atoms with Crippen molar-refractivity contribution in [3.63, 3.8) is 0 Å². The smallest absolute Gasteiger partial charge is 0.00875 e. The molecule has 0 aliphatic carbocycles. The largest absolute Gasteiger partial charge is 0.0654 e. The van der Waals surface area contributed by atoms with Crippen molar-refractivity contribution in [2.24, 2.45) is 0 Å². The molecule has 89 valence electrons. The Kier molecular flexibility index (Phi) is 6.22. The van der Waals surface area contributed by atoms with Crippen molar-refractivity contribution < 1.29 is 0 Å². The van der Waals surface area contributed by atoms with E-state index in [0.29, 0.717) is 0 Å². The SMILES string of the molecule is CCC[CH]c1c(CCC)cccc1CCC. The Labute approximate surface area is 101 Å². The monoisotopic (exact) mass is 217 g/mol. The van der Waals surface area contributed by atoms with E-state index in [1.807, 2.05) is 0 Å². The first-order chi connectivity index (χ1) is 7.83. The molecule has 16 heavy (non-hydrogen) atoms. The summed E-state index contributed by atoms with van der Waals surface area (Å²) >= 11 is 0. The van der Waals surface area contributed by atoms with Gasteiger partial charge in [-0.2, -0.15) is 0 Å². The van der Waals surface area contributed by atoms with E-state index < -0.39 is 0 Å². The summed E-state index contributed by atoms with van der Waals surface area (Å²) in [5, 5.41) is 0. The Morgan fingerprint density at radius 2 is 1.44 bits per heavy atom. The molecular formula is C16H25. The lowest BCUT2D eigenvalue weighted by atomic mass is 9.92. The Morgan fingerprint density at radius 3 is 1.88 bits per heavy atom. The van der Waals surface area contributed by atoms with E-state index >= 15 is 0 Å². The van der Waals surface area contributed by atoms with Gasteiger partial charge in [0.1, 0.15) is 0 Å². The van der Waals surface area contributed by atoms with Gasteiger partial charge in [-0.25, -0.2) is 0 Å². The van der Waals surface area contributed by atoms with E-state index in [1.165, 1.54) is 44.1 Å². The minimum Gasteiger partial charge on any atom is -0.0654 e. The zero-order chi connectivity index (χ0) is 11.8. The molecule has 0 saturated heterocycles. The van der Waals surface area contributed by atoms with Crippen LogP contribution >= 0.6 is 0 Å². The highest BCUT2D eigenvalue weighted by Gasteiger charge is 2.06. The molecule has 0 saturated carbocycles. The molecule has 0 heterocycles. The van der Waals surface area contributed by atoms with Crippen LogP contribution in [0.4, 0.5) is 0 Å². The van der Waals surface area contributed by atoms with Crippen LogP contribution in [0.25, 0.3) is 0 Å². The molecule has 1 rings (SSSR count). The van der Waals surface area contributed by atoms with Crippen LogP contribution in [0.1, 0.15) is 63.1 Å². The lowest BCUT2D eigenvalue weighted by Gasteiger charge is -2.13. The molecule has 0 heteroatoms. The van der Waals surface area contributed by atoms with Crippen LogP contribution in [-0.4, -0.2) is 0 Å². The fourth-order valence-corrected chi connectivity index (χ4v) is 2.19. The van der Waals surface area contributed by atoms with Gasteiger partial charge in [-0.1, -0.05) is 58.2 Å². The third-order valence-electron chi connectivity index (χ3n) is 2.96. The minimum absolute atomic E-state index is 1.21. The second-order valence-corrected chi connectivity index (χ2v) is 4.48. The van der Waals surface area contributed by atoms with Crippen LogP contribution < -0.4 is 0 Å². The van der Waals surface area contributed by atoms with E-state index in [0.717, 1.165) is 0 Å². The third kappa shape index (κ3) is 3.66. The molecule has 0 N–H and O–H groups in total. The Balaban J connectivity index is 2.92. The molecule has 0 atom stereocenters. The lowest BCUT2D eigenvalue weighted by molar-refractivity contribution is 0.855. The van der Waals surface area contributed by atoms with Crippen LogP contribution in [0.15, 0.2) is 18.2 Å². The molecule has 0 fully saturated rings. The van der Waals surface area contributed by atoms with Gasteiger partial charge in [-0.3, -0.25) is 0 Å². The van der Waals surface area contributed by atoms with Gasteiger partial charge in [0.2, 0.25) is 0 Å². The second kappa shape index (κ2) is 7.49. The van der Waals surface area contributed by atoms with Crippen molar-refractivity contribution in [3.05, 3.63) is 41.3 Å². The molecule has 1 aromatic carbocycles. The van der Waals surface area contributed by atoms with Crippen molar-refractivity contribution in [2.45, 2.75) is 59.3 Å². The fourth-order valence-electron chi connectivity index (χ4n) is 2.19. The van der Waals surface area contributed by atoms with Crippen LogP contribution in [0.3, 0.4) is 0 Å². The van der Waals surface area contributed by atoms with Crippen molar-refractivity contribution in [2.75, 3.05) is 0 Å². The van der Waals surface area contributed by atoms with Gasteiger partial charge in [0.15, 0.2) is 0 Å². The van der Waals surface area contributed by atoms with Gasteiger partial charge in [0, 0.05) is 0 Å². The first-order valence-electron chi connectivity index (χ1n) is 6.77. The van der Waals surface area contributed by atoms with Crippen molar-refractivity contribution in [3.8, 4) is 0 Å². The van der Waals surface area contributed by atoms with Crippen molar-refractivity contribution >= 4 is 0 Å². The van der Waals surface area contributed by atoms with E-state index in [2.05, 4.69) is 45.4 Å². The molecule has 1 aromatic rings. The molecular weight excluding hydrogens is 192 g/mol. The maximum atomic E-state index is 2.44. The fraction of sp³-hybridized carbons (Fsp3) is 0.562. The summed E-state index contributed by atoms with van der Waals surface area (Å²) in [6.45, 7) is 6.77. The van der Waals surface area contributed by atoms with Gasteiger partial charge < -0.3 is 0 Å². The second-order valence-electron chi connectivity index (χ2n) is 4.48. The normalized spacial score (nSPS) is 10.7. The quantitative estimate of drug-likeness (QED) is 0.606. The average Bonchev–Trinajstić information content (AvgIpc) is 2.29. The molecule has 0 bridgehead atoms. The summed E-state index contributed by atoms with van der Waals surface area (Å²) in [6.07, 6.45) is 9.80. The summed E-state index contributed by atoms with van der Waals surface area (Å²) in [4.78, 5) is 0. The highest BCUT2D eigenvalue weighted by molar-refractivity contribution is 5.40. The number of rotatable bonds is 7. The van der Waals surface area contributed by atoms with Crippen molar-refractivity contribution in [1.82, 2.24) is 0 Å². The predicted molar refractivity (Wildman–Crippen MR) is 72.7 cm³/mol. The number of unbranched alkanes of at least 4 members (excludes halogenated alkanes) is 1. The molecule has 0 aliphatic rings. The first-order valence-corrected chi connectivity index (χ1v) is 6.77. The zero-order valence-electron chi connectivity index (χ0n) is 11.1. The number of benzene rings is 1. The van der Waals surface area contributed by atoms with Crippen molar-refractivity contribution in [1.29, 1.82) is 0 Å². The molecule has 1 radical (unpaired) electrons. The lowest BCUT2D eigenvalue weighted by Crippen LogP contribution is -1.99. The summed E-state index contributed by atoms with van der Waals surface area (Å²) in [5.74, 6) is 0. The minimum atomic E-state index is 1.21. The van der Waals surface area contributed by atoms with Gasteiger partial charge in [-0.05, 0) is 42.4 Å². The highest BCUT2D eigenvalue weighted by Crippen LogP contribution is 2.21. The average molecular weight is 217 g/mol.